The SMILES string of the molecule is Cc1nc(F)ccc1[C@@H](c1cn(C2(C(F)(F)F)CC2)nn1)N(C)[S@](=O)C(C)(C)C. The summed E-state index contributed by atoms with van der Waals surface area (Å²) in [6.45, 7) is 6.94. The Kier molecular flexibility index (Phi) is 5.36. The molecular formula is C18H23F4N5OS. The zero-order valence-electron chi connectivity index (χ0n) is 16.8. The van der Waals surface area contributed by atoms with Crippen molar-refractivity contribution >= 4 is 11.0 Å². The Morgan fingerprint density at radius 1 is 1.24 bits per heavy atom. The normalized spacial score (nSPS) is 18.7. The van der Waals surface area contributed by atoms with Crippen molar-refractivity contribution in [3.8, 4) is 0 Å². The Hall–Kier alpha value is -1.88. The molecular weight excluding hydrogens is 410 g/mol. The molecule has 1 saturated carbocycles. The lowest BCUT2D eigenvalue weighted by atomic mass is 10.0. The van der Waals surface area contributed by atoms with Crippen molar-refractivity contribution in [3.63, 3.8) is 0 Å². The van der Waals surface area contributed by atoms with Crippen LogP contribution in [0, 0.1) is 12.9 Å². The van der Waals surface area contributed by atoms with Crippen LogP contribution in [0.15, 0.2) is 18.3 Å². The van der Waals surface area contributed by atoms with E-state index >= 15 is 0 Å². The van der Waals surface area contributed by atoms with Crippen molar-refractivity contribution in [2.45, 2.75) is 63.0 Å². The standard InChI is InChI=1S/C18H23F4N5OS/c1-11-12(6-7-14(19)23-11)15(26(5)29(28)16(2,3)4)13-10-27(25-24-13)17(8-9-17)18(20,21)22/h6-7,10,15H,8-9H2,1-5H3/t15-,29+/m0/s1. The van der Waals surface area contributed by atoms with E-state index in [0.717, 1.165) is 10.7 Å². The van der Waals surface area contributed by atoms with Crippen LogP contribution < -0.4 is 0 Å². The number of hydrogen-bond donors (Lipinski definition) is 0. The molecule has 0 N–H and O–H groups in total. The van der Waals surface area contributed by atoms with Gasteiger partial charge >= 0.3 is 6.18 Å². The third-order valence-electron chi connectivity index (χ3n) is 5.02. The van der Waals surface area contributed by atoms with E-state index in [9.17, 15) is 21.8 Å². The van der Waals surface area contributed by atoms with Crippen molar-refractivity contribution in [3.05, 3.63) is 41.2 Å². The van der Waals surface area contributed by atoms with Crippen LogP contribution >= 0.6 is 0 Å². The van der Waals surface area contributed by atoms with Crippen molar-refractivity contribution in [1.29, 1.82) is 0 Å². The minimum absolute atomic E-state index is 0.0646. The van der Waals surface area contributed by atoms with Gasteiger partial charge in [0.1, 0.15) is 16.7 Å². The fourth-order valence-corrected chi connectivity index (χ4v) is 4.55. The van der Waals surface area contributed by atoms with Gasteiger partial charge in [-0.05, 0) is 52.2 Å². The summed E-state index contributed by atoms with van der Waals surface area (Å²) in [5, 5.41) is 7.72. The second-order valence-electron chi connectivity index (χ2n) is 8.24. The molecule has 0 amide bonds. The van der Waals surface area contributed by atoms with Crippen LogP contribution in [0.3, 0.4) is 0 Å². The second-order valence-corrected chi connectivity index (χ2v) is 10.5. The molecule has 0 saturated heterocycles. The smallest absolute Gasteiger partial charge is 0.242 e. The fourth-order valence-electron chi connectivity index (χ4n) is 3.27. The maximum atomic E-state index is 13.5. The molecule has 3 rings (SSSR count). The number of rotatable bonds is 5. The molecule has 0 aromatic carbocycles. The monoisotopic (exact) mass is 433 g/mol. The van der Waals surface area contributed by atoms with Crippen LogP contribution in [0.2, 0.25) is 0 Å². The van der Waals surface area contributed by atoms with Gasteiger partial charge in [0.2, 0.25) is 5.95 Å². The number of nitrogens with zero attached hydrogens (tertiary/aromatic N) is 5. The van der Waals surface area contributed by atoms with Gasteiger partial charge in [-0.2, -0.15) is 17.6 Å². The number of alkyl halides is 3. The van der Waals surface area contributed by atoms with Crippen molar-refractivity contribution < 1.29 is 21.8 Å². The average Bonchev–Trinajstić information content (AvgIpc) is 3.28. The Morgan fingerprint density at radius 2 is 1.86 bits per heavy atom. The minimum atomic E-state index is -4.44. The van der Waals surface area contributed by atoms with Gasteiger partial charge in [0, 0.05) is 12.7 Å². The third-order valence-corrected chi connectivity index (χ3v) is 6.80. The van der Waals surface area contributed by atoms with Gasteiger partial charge in [-0.3, -0.25) is 0 Å². The van der Waals surface area contributed by atoms with Gasteiger partial charge in [-0.25, -0.2) is 18.2 Å². The molecule has 11 heteroatoms. The number of pyridine rings is 1. The molecule has 6 nitrogen and oxygen atoms in total. The van der Waals surface area contributed by atoms with Crippen molar-refractivity contribution in [2.24, 2.45) is 0 Å². The Labute approximate surface area is 168 Å². The van der Waals surface area contributed by atoms with E-state index in [1.165, 1.54) is 16.6 Å². The molecule has 0 radical (unpaired) electrons. The molecule has 2 heterocycles. The van der Waals surface area contributed by atoms with E-state index in [4.69, 9.17) is 0 Å². The molecule has 2 aromatic heterocycles. The predicted molar refractivity (Wildman–Crippen MR) is 99.7 cm³/mol. The number of aromatic nitrogens is 4. The molecule has 1 aliphatic carbocycles. The zero-order valence-corrected chi connectivity index (χ0v) is 17.6. The van der Waals surface area contributed by atoms with Gasteiger partial charge in [-0.15, -0.1) is 5.10 Å². The second kappa shape index (κ2) is 7.12. The summed E-state index contributed by atoms with van der Waals surface area (Å²) in [7, 11) is 0.0602. The number of hydrogen-bond acceptors (Lipinski definition) is 4. The van der Waals surface area contributed by atoms with Gasteiger partial charge in [0.05, 0.1) is 17.0 Å². The van der Waals surface area contributed by atoms with E-state index in [2.05, 4.69) is 15.3 Å². The Morgan fingerprint density at radius 3 is 2.34 bits per heavy atom. The lowest BCUT2D eigenvalue weighted by Gasteiger charge is -2.32. The highest BCUT2D eigenvalue weighted by molar-refractivity contribution is 7.84. The molecule has 0 aliphatic heterocycles. The molecule has 29 heavy (non-hydrogen) atoms. The highest BCUT2D eigenvalue weighted by Crippen LogP contribution is 2.55. The zero-order chi connectivity index (χ0) is 21.8. The topological polar surface area (TPSA) is 63.9 Å². The van der Waals surface area contributed by atoms with Crippen LogP contribution in [0.25, 0.3) is 0 Å². The van der Waals surface area contributed by atoms with E-state index < -0.39 is 39.4 Å². The van der Waals surface area contributed by atoms with Gasteiger partial charge in [-0.1, -0.05) is 11.3 Å². The maximum absolute atomic E-state index is 13.5. The first kappa shape index (κ1) is 21.8. The van der Waals surface area contributed by atoms with Crippen LogP contribution in [0.4, 0.5) is 17.6 Å². The summed E-state index contributed by atoms with van der Waals surface area (Å²) < 4.78 is 68.7. The summed E-state index contributed by atoms with van der Waals surface area (Å²) in [4.78, 5) is 3.80. The summed E-state index contributed by atoms with van der Waals surface area (Å²) in [5.74, 6) is -0.678. The van der Waals surface area contributed by atoms with Crippen molar-refractivity contribution in [2.75, 3.05) is 7.05 Å². The first-order valence-corrected chi connectivity index (χ1v) is 10.2. The first-order valence-electron chi connectivity index (χ1n) is 9.05. The molecule has 1 fully saturated rings. The Balaban J connectivity index is 2.08. The summed E-state index contributed by atoms with van der Waals surface area (Å²) in [6.07, 6.45) is -3.33. The Bertz CT molecular complexity index is 933. The average molecular weight is 433 g/mol. The molecule has 0 unspecified atom stereocenters. The molecule has 2 atom stereocenters. The van der Waals surface area contributed by atoms with Crippen LogP contribution in [0.1, 0.15) is 56.6 Å². The van der Waals surface area contributed by atoms with Crippen LogP contribution in [-0.2, 0) is 16.5 Å². The van der Waals surface area contributed by atoms with E-state index in [1.54, 1.807) is 34.7 Å². The molecule has 160 valence electrons. The highest BCUT2D eigenvalue weighted by atomic mass is 32.2. The number of aryl methyl sites for hydroxylation is 1. The van der Waals surface area contributed by atoms with Gasteiger partial charge in [0.25, 0.3) is 0 Å². The van der Waals surface area contributed by atoms with Crippen molar-refractivity contribution in [1.82, 2.24) is 24.3 Å². The summed E-state index contributed by atoms with van der Waals surface area (Å²) in [5.41, 5.74) is -1.02. The number of halogens is 4. The minimum Gasteiger partial charge on any atom is -0.242 e. The summed E-state index contributed by atoms with van der Waals surface area (Å²) >= 11 is 0. The lowest BCUT2D eigenvalue weighted by Crippen LogP contribution is -2.38. The van der Waals surface area contributed by atoms with Gasteiger partial charge < -0.3 is 0 Å². The summed E-state index contributed by atoms with van der Waals surface area (Å²) in [6, 6.07) is 1.83. The largest absolute Gasteiger partial charge is 0.413 e. The molecule has 0 bridgehead atoms. The quantitative estimate of drug-likeness (QED) is 0.533. The molecule has 1 aliphatic rings. The highest BCUT2D eigenvalue weighted by Gasteiger charge is 2.66. The first-order chi connectivity index (χ1) is 13.3. The maximum Gasteiger partial charge on any atom is 0.413 e. The molecule has 0 spiro atoms. The molecule has 2 aromatic rings. The predicted octanol–water partition coefficient (Wildman–Crippen LogP) is 3.66. The van der Waals surface area contributed by atoms with E-state index in [1.807, 2.05) is 0 Å². The third kappa shape index (κ3) is 3.94. The van der Waals surface area contributed by atoms with Gasteiger partial charge in [0.15, 0.2) is 5.54 Å². The van der Waals surface area contributed by atoms with E-state index in [0.29, 0.717) is 11.3 Å². The van der Waals surface area contributed by atoms with E-state index in [-0.39, 0.29) is 18.5 Å². The fraction of sp³-hybridized carbons (Fsp3) is 0.611. The van der Waals surface area contributed by atoms with Crippen LogP contribution in [-0.4, -0.2) is 46.5 Å². The lowest BCUT2D eigenvalue weighted by molar-refractivity contribution is -0.182. The van der Waals surface area contributed by atoms with Crippen LogP contribution in [0.5, 0.6) is 0 Å².